The van der Waals surface area contributed by atoms with Crippen LogP contribution < -0.4 is 0 Å². The lowest BCUT2D eigenvalue weighted by molar-refractivity contribution is 0.0403. The van der Waals surface area contributed by atoms with Crippen LogP contribution in [0.25, 0.3) is 0 Å². The molecule has 0 unspecified atom stereocenters. The normalized spacial score (nSPS) is 56.2. The van der Waals surface area contributed by atoms with Crippen LogP contribution in [0.15, 0.2) is 0 Å². The van der Waals surface area contributed by atoms with Crippen LogP contribution in [-0.2, 0) is 4.74 Å². The SMILES string of the molecule is CO[C@H]1CC[C@H]2[C@@H]3CC[C@H](C3)[C@@H]21. The zero-order valence-electron chi connectivity index (χ0n) is 7.83. The molecule has 0 amide bonds. The highest BCUT2D eigenvalue weighted by Crippen LogP contribution is 2.59. The van der Waals surface area contributed by atoms with Crippen molar-refractivity contribution in [3.63, 3.8) is 0 Å². The molecule has 0 aromatic heterocycles. The number of hydrogen-bond acceptors (Lipinski definition) is 1. The van der Waals surface area contributed by atoms with Crippen molar-refractivity contribution in [3.05, 3.63) is 0 Å². The van der Waals surface area contributed by atoms with Crippen LogP contribution >= 0.6 is 0 Å². The largest absolute Gasteiger partial charge is 0.381 e. The van der Waals surface area contributed by atoms with Crippen molar-refractivity contribution in [2.45, 2.75) is 38.2 Å². The van der Waals surface area contributed by atoms with Crippen molar-refractivity contribution in [2.24, 2.45) is 23.7 Å². The molecule has 3 rings (SSSR count). The van der Waals surface area contributed by atoms with Gasteiger partial charge >= 0.3 is 0 Å². The zero-order valence-corrected chi connectivity index (χ0v) is 7.83. The van der Waals surface area contributed by atoms with Crippen LogP contribution in [-0.4, -0.2) is 13.2 Å². The Morgan fingerprint density at radius 1 is 1.00 bits per heavy atom. The van der Waals surface area contributed by atoms with Gasteiger partial charge in [0.1, 0.15) is 0 Å². The van der Waals surface area contributed by atoms with Gasteiger partial charge in [-0.1, -0.05) is 0 Å². The minimum atomic E-state index is 0.630. The number of hydrogen-bond donors (Lipinski definition) is 0. The lowest BCUT2D eigenvalue weighted by Crippen LogP contribution is -2.26. The third-order valence-corrected chi connectivity index (χ3v) is 4.67. The van der Waals surface area contributed by atoms with E-state index < -0.39 is 0 Å². The quantitative estimate of drug-likeness (QED) is 0.581. The second-order valence-electron chi connectivity index (χ2n) is 4.93. The second-order valence-corrected chi connectivity index (χ2v) is 4.93. The highest BCUT2D eigenvalue weighted by Gasteiger charge is 2.53. The molecule has 1 nitrogen and oxygen atoms in total. The first kappa shape index (κ1) is 7.37. The van der Waals surface area contributed by atoms with Gasteiger partial charge in [-0.25, -0.2) is 0 Å². The van der Waals surface area contributed by atoms with E-state index in [9.17, 15) is 0 Å². The summed E-state index contributed by atoms with van der Waals surface area (Å²) >= 11 is 0. The molecule has 3 fully saturated rings. The molecule has 12 heavy (non-hydrogen) atoms. The number of ether oxygens (including phenoxy) is 1. The van der Waals surface area contributed by atoms with Crippen molar-refractivity contribution >= 4 is 0 Å². The van der Waals surface area contributed by atoms with E-state index in [0.29, 0.717) is 6.10 Å². The first-order valence-electron chi connectivity index (χ1n) is 5.43. The summed E-state index contributed by atoms with van der Waals surface area (Å²) in [5.41, 5.74) is 0. The van der Waals surface area contributed by atoms with E-state index in [1.807, 2.05) is 7.11 Å². The van der Waals surface area contributed by atoms with Gasteiger partial charge in [0.15, 0.2) is 0 Å². The Morgan fingerprint density at radius 2 is 1.83 bits per heavy atom. The Bertz CT molecular complexity index is 187. The second kappa shape index (κ2) is 2.47. The van der Waals surface area contributed by atoms with E-state index in [1.165, 1.54) is 32.1 Å². The molecule has 68 valence electrons. The maximum absolute atomic E-state index is 5.58. The standard InChI is InChI=1S/C11H18O/c1-12-10-5-4-9-7-2-3-8(6-7)11(9)10/h7-11H,2-6H2,1H3/t7-,8-,9+,10+,11+/m1/s1. The van der Waals surface area contributed by atoms with Crippen molar-refractivity contribution in [2.75, 3.05) is 7.11 Å². The van der Waals surface area contributed by atoms with E-state index in [-0.39, 0.29) is 0 Å². The predicted molar refractivity (Wildman–Crippen MR) is 47.8 cm³/mol. The minimum absolute atomic E-state index is 0.630. The van der Waals surface area contributed by atoms with Crippen LogP contribution in [0, 0.1) is 23.7 Å². The molecule has 0 heterocycles. The molecule has 0 N–H and O–H groups in total. The Labute approximate surface area is 74.5 Å². The van der Waals surface area contributed by atoms with Crippen LogP contribution in [0.3, 0.4) is 0 Å². The summed E-state index contributed by atoms with van der Waals surface area (Å²) < 4.78 is 5.58. The highest BCUT2D eigenvalue weighted by atomic mass is 16.5. The van der Waals surface area contributed by atoms with Crippen molar-refractivity contribution in [1.82, 2.24) is 0 Å². The van der Waals surface area contributed by atoms with Crippen LogP contribution in [0.5, 0.6) is 0 Å². The van der Waals surface area contributed by atoms with Crippen molar-refractivity contribution in [3.8, 4) is 0 Å². The third kappa shape index (κ3) is 0.783. The zero-order chi connectivity index (χ0) is 8.13. The fourth-order valence-electron chi connectivity index (χ4n) is 4.29. The summed E-state index contributed by atoms with van der Waals surface area (Å²) in [4.78, 5) is 0. The molecule has 3 aliphatic carbocycles. The Morgan fingerprint density at radius 3 is 2.67 bits per heavy atom. The average Bonchev–Trinajstić information content (AvgIpc) is 2.76. The van der Waals surface area contributed by atoms with Gasteiger partial charge in [-0.3, -0.25) is 0 Å². The topological polar surface area (TPSA) is 9.23 Å². The van der Waals surface area contributed by atoms with Crippen LogP contribution in [0.4, 0.5) is 0 Å². The number of fused-ring (bicyclic) bond motifs is 5. The van der Waals surface area contributed by atoms with E-state index in [2.05, 4.69) is 0 Å². The maximum atomic E-state index is 5.58. The maximum Gasteiger partial charge on any atom is 0.0605 e. The molecule has 0 radical (unpaired) electrons. The smallest absolute Gasteiger partial charge is 0.0605 e. The van der Waals surface area contributed by atoms with E-state index in [0.717, 1.165) is 23.7 Å². The molecule has 3 saturated carbocycles. The van der Waals surface area contributed by atoms with Gasteiger partial charge in [-0.15, -0.1) is 0 Å². The Hall–Kier alpha value is -0.0400. The van der Waals surface area contributed by atoms with Crippen molar-refractivity contribution < 1.29 is 4.74 Å². The molecular formula is C11H18O. The molecular weight excluding hydrogens is 148 g/mol. The first-order chi connectivity index (χ1) is 5.90. The molecule has 5 atom stereocenters. The fraction of sp³-hybridized carbons (Fsp3) is 1.00. The van der Waals surface area contributed by atoms with E-state index in [4.69, 9.17) is 4.74 Å². The van der Waals surface area contributed by atoms with Crippen LogP contribution in [0.2, 0.25) is 0 Å². The molecule has 1 heteroatoms. The van der Waals surface area contributed by atoms with Gasteiger partial charge < -0.3 is 4.74 Å². The molecule has 2 bridgehead atoms. The van der Waals surface area contributed by atoms with Gasteiger partial charge in [0, 0.05) is 7.11 Å². The summed E-state index contributed by atoms with van der Waals surface area (Å²) in [5, 5.41) is 0. The van der Waals surface area contributed by atoms with Gasteiger partial charge in [-0.2, -0.15) is 0 Å². The fourth-order valence-corrected chi connectivity index (χ4v) is 4.29. The summed E-state index contributed by atoms with van der Waals surface area (Å²) in [6, 6.07) is 0. The summed E-state index contributed by atoms with van der Waals surface area (Å²) in [5.74, 6) is 4.18. The summed E-state index contributed by atoms with van der Waals surface area (Å²) in [6.07, 6.45) is 8.01. The van der Waals surface area contributed by atoms with Gasteiger partial charge in [0.05, 0.1) is 6.10 Å². The van der Waals surface area contributed by atoms with E-state index in [1.54, 1.807) is 0 Å². The Balaban J connectivity index is 1.85. The Kier molecular flexibility index (Phi) is 1.52. The average molecular weight is 166 g/mol. The summed E-state index contributed by atoms with van der Waals surface area (Å²) in [6.45, 7) is 0. The number of methoxy groups -OCH3 is 1. The third-order valence-electron chi connectivity index (χ3n) is 4.67. The first-order valence-corrected chi connectivity index (χ1v) is 5.43. The van der Waals surface area contributed by atoms with Gasteiger partial charge in [-0.05, 0) is 55.8 Å². The summed E-state index contributed by atoms with van der Waals surface area (Å²) in [7, 11) is 1.90. The molecule has 0 spiro atoms. The number of rotatable bonds is 1. The lowest BCUT2D eigenvalue weighted by atomic mass is 9.81. The molecule has 0 saturated heterocycles. The van der Waals surface area contributed by atoms with Crippen LogP contribution in [0.1, 0.15) is 32.1 Å². The molecule has 0 aromatic rings. The lowest BCUT2D eigenvalue weighted by Gasteiger charge is -2.27. The minimum Gasteiger partial charge on any atom is -0.381 e. The molecule has 0 aliphatic heterocycles. The highest BCUT2D eigenvalue weighted by molar-refractivity contribution is 5.02. The molecule has 0 aromatic carbocycles. The predicted octanol–water partition coefficient (Wildman–Crippen LogP) is 2.46. The monoisotopic (exact) mass is 166 g/mol. The van der Waals surface area contributed by atoms with Crippen molar-refractivity contribution in [1.29, 1.82) is 0 Å². The molecule has 3 aliphatic rings. The van der Waals surface area contributed by atoms with E-state index >= 15 is 0 Å². The van der Waals surface area contributed by atoms with Gasteiger partial charge in [0.2, 0.25) is 0 Å². The van der Waals surface area contributed by atoms with Gasteiger partial charge in [0.25, 0.3) is 0 Å².